The number of amides is 3. The fourth-order valence-electron chi connectivity index (χ4n) is 4.17. The van der Waals surface area contributed by atoms with Gasteiger partial charge in [-0.15, -0.1) is 10.2 Å². The Hall–Kier alpha value is -3.88. The number of rotatable bonds is 5. The zero-order chi connectivity index (χ0) is 21.5. The molecule has 0 radical (unpaired) electrons. The monoisotopic (exact) mass is 418 g/mol. The minimum absolute atomic E-state index is 0.323. The summed E-state index contributed by atoms with van der Waals surface area (Å²) < 4.78 is 7.73. The van der Waals surface area contributed by atoms with E-state index in [9.17, 15) is 9.59 Å². The zero-order valence-corrected chi connectivity index (χ0v) is 17.2. The van der Waals surface area contributed by atoms with E-state index < -0.39 is 18.2 Å². The summed E-state index contributed by atoms with van der Waals surface area (Å²) in [5.41, 5.74) is 1.92. The van der Waals surface area contributed by atoms with Gasteiger partial charge in [0.2, 0.25) is 5.95 Å². The number of urea groups is 1. The molecule has 2 unspecified atom stereocenters. The van der Waals surface area contributed by atoms with Gasteiger partial charge in [0.1, 0.15) is 18.5 Å². The van der Waals surface area contributed by atoms with Crippen molar-refractivity contribution in [1.29, 1.82) is 0 Å². The van der Waals surface area contributed by atoms with Crippen molar-refractivity contribution < 1.29 is 14.3 Å². The molecule has 3 heterocycles. The number of nitrogens with one attached hydrogen (secondary N) is 1. The van der Waals surface area contributed by atoms with Gasteiger partial charge in [-0.3, -0.25) is 14.7 Å². The van der Waals surface area contributed by atoms with Gasteiger partial charge < -0.3 is 14.5 Å². The first-order chi connectivity index (χ1) is 15.1. The number of hydrogen-bond acceptors (Lipinski definition) is 6. The van der Waals surface area contributed by atoms with Crippen molar-refractivity contribution in [3.63, 3.8) is 0 Å². The van der Waals surface area contributed by atoms with E-state index in [1.807, 2.05) is 71.0 Å². The highest BCUT2D eigenvalue weighted by Crippen LogP contribution is 2.40. The Morgan fingerprint density at radius 1 is 1.03 bits per heavy atom. The summed E-state index contributed by atoms with van der Waals surface area (Å²) in [6, 6.07) is 16.6. The van der Waals surface area contributed by atoms with Crippen LogP contribution in [0.25, 0.3) is 11.4 Å². The summed E-state index contributed by atoms with van der Waals surface area (Å²) >= 11 is 0. The van der Waals surface area contributed by atoms with Gasteiger partial charge in [0.25, 0.3) is 5.91 Å². The molecule has 9 heteroatoms. The maximum absolute atomic E-state index is 12.6. The highest BCUT2D eigenvalue weighted by atomic mass is 16.5. The molecule has 1 N–H and O–H groups in total. The molecular weight excluding hydrogens is 396 g/mol. The van der Waals surface area contributed by atoms with Crippen molar-refractivity contribution in [3.05, 3.63) is 60.2 Å². The van der Waals surface area contributed by atoms with Crippen LogP contribution in [-0.4, -0.2) is 51.2 Å². The second-order valence-corrected chi connectivity index (χ2v) is 7.54. The van der Waals surface area contributed by atoms with Gasteiger partial charge in [-0.05, 0) is 36.8 Å². The number of ether oxygens (including phenoxy) is 1. The third-order valence-corrected chi connectivity index (χ3v) is 5.73. The van der Waals surface area contributed by atoms with Crippen LogP contribution in [0.4, 0.5) is 10.7 Å². The van der Waals surface area contributed by atoms with Gasteiger partial charge in [0.05, 0.1) is 0 Å². The van der Waals surface area contributed by atoms with E-state index in [1.54, 1.807) is 7.05 Å². The zero-order valence-electron chi connectivity index (χ0n) is 17.2. The second kappa shape index (κ2) is 7.42. The van der Waals surface area contributed by atoms with Crippen LogP contribution >= 0.6 is 0 Å². The number of carbonyl (C=O) groups is 2. The van der Waals surface area contributed by atoms with Crippen LogP contribution < -0.4 is 15.0 Å². The fourth-order valence-corrected chi connectivity index (χ4v) is 4.17. The largest absolute Gasteiger partial charge is 0.489 e. The van der Waals surface area contributed by atoms with Crippen molar-refractivity contribution in [2.24, 2.45) is 0 Å². The van der Waals surface area contributed by atoms with Crippen molar-refractivity contribution in [1.82, 2.24) is 25.0 Å². The van der Waals surface area contributed by atoms with Crippen LogP contribution in [0, 0.1) is 0 Å². The Labute approximate surface area is 179 Å². The number of anilines is 1. The molecule has 2 aromatic carbocycles. The predicted octanol–water partition coefficient (Wildman–Crippen LogP) is 2.41. The number of hydrogen-bond donors (Lipinski definition) is 1. The van der Waals surface area contributed by atoms with E-state index in [1.165, 1.54) is 4.90 Å². The number of carbonyl (C=O) groups excluding carboxylic acids is 2. The van der Waals surface area contributed by atoms with Crippen molar-refractivity contribution in [2.75, 3.05) is 18.5 Å². The summed E-state index contributed by atoms with van der Waals surface area (Å²) in [5.74, 6) is 1.60. The Morgan fingerprint density at radius 2 is 1.77 bits per heavy atom. The third kappa shape index (κ3) is 3.09. The molecule has 0 saturated carbocycles. The highest BCUT2D eigenvalue weighted by molar-refractivity contribution is 6.02. The van der Waals surface area contributed by atoms with Crippen molar-refractivity contribution in [2.45, 2.75) is 25.7 Å². The molecule has 0 spiro atoms. The fraction of sp³-hybridized carbons (Fsp3) is 0.273. The molecule has 2 aliphatic rings. The minimum atomic E-state index is -0.537. The average molecular weight is 418 g/mol. The molecule has 0 aliphatic carbocycles. The van der Waals surface area contributed by atoms with Crippen molar-refractivity contribution in [3.8, 4) is 17.1 Å². The summed E-state index contributed by atoms with van der Waals surface area (Å²) in [5, 5.41) is 11.1. The van der Waals surface area contributed by atoms with Gasteiger partial charge in [-0.25, -0.2) is 4.79 Å². The molecule has 31 heavy (non-hydrogen) atoms. The van der Waals surface area contributed by atoms with Crippen LogP contribution in [-0.2, 0) is 11.4 Å². The lowest BCUT2D eigenvalue weighted by molar-refractivity contribution is -0.124. The molecule has 2 aliphatic heterocycles. The number of benzene rings is 2. The van der Waals surface area contributed by atoms with E-state index in [2.05, 4.69) is 15.5 Å². The lowest BCUT2D eigenvalue weighted by Gasteiger charge is -2.36. The number of imide groups is 1. The highest BCUT2D eigenvalue weighted by Gasteiger charge is 2.51. The number of likely N-dealkylation sites (N-methyl/N-ethyl adjacent to an activating group) is 2. The lowest BCUT2D eigenvalue weighted by Crippen LogP contribution is -2.61. The summed E-state index contributed by atoms with van der Waals surface area (Å²) in [7, 11) is 1.67. The maximum Gasteiger partial charge on any atom is 0.325 e. The molecule has 2 atom stereocenters. The predicted molar refractivity (Wildman–Crippen MR) is 113 cm³/mol. The molecular formula is C22H22N6O3. The molecule has 1 saturated heterocycles. The Kier molecular flexibility index (Phi) is 4.58. The Bertz CT molecular complexity index is 1130. The third-order valence-electron chi connectivity index (χ3n) is 5.73. The van der Waals surface area contributed by atoms with Crippen molar-refractivity contribution >= 4 is 17.9 Å². The normalized spacial score (nSPS) is 19.8. The van der Waals surface area contributed by atoms with Gasteiger partial charge in [0.15, 0.2) is 11.9 Å². The first-order valence-corrected chi connectivity index (χ1v) is 10.1. The molecule has 1 aromatic heterocycles. The number of fused-ring (bicyclic) bond motifs is 3. The van der Waals surface area contributed by atoms with Crippen LogP contribution in [0.2, 0.25) is 0 Å². The van der Waals surface area contributed by atoms with E-state index in [0.717, 1.165) is 16.9 Å². The molecule has 1 fully saturated rings. The Balaban J connectivity index is 1.44. The molecule has 9 nitrogen and oxygen atoms in total. The van der Waals surface area contributed by atoms with Crippen LogP contribution in [0.3, 0.4) is 0 Å². The summed E-state index contributed by atoms with van der Waals surface area (Å²) in [6.07, 6.45) is -0.504. The number of aromatic nitrogens is 3. The summed E-state index contributed by atoms with van der Waals surface area (Å²) in [6.45, 7) is 3.00. The van der Waals surface area contributed by atoms with E-state index >= 15 is 0 Å². The summed E-state index contributed by atoms with van der Waals surface area (Å²) in [4.78, 5) is 28.2. The minimum Gasteiger partial charge on any atom is -0.489 e. The standard InChI is InChI=1S/C22H22N6O3/c1-3-27-17-19(29)23-22(30)26(2)20(17)28-18(24-25-21(27)28)15-9-11-16(12-10-15)31-13-14-7-5-4-6-8-14/h4-12,17,20H,3,13H2,1-2H3,(H,23,29,30). The average Bonchev–Trinajstić information content (AvgIpc) is 3.35. The maximum atomic E-state index is 12.6. The van der Waals surface area contributed by atoms with Crippen LogP contribution in [0.15, 0.2) is 54.6 Å². The van der Waals surface area contributed by atoms with Crippen LogP contribution in [0.1, 0.15) is 18.7 Å². The van der Waals surface area contributed by atoms with E-state index in [0.29, 0.717) is 24.9 Å². The lowest BCUT2D eigenvalue weighted by atomic mass is 10.1. The first kappa shape index (κ1) is 19.1. The van der Waals surface area contributed by atoms with Gasteiger partial charge in [-0.1, -0.05) is 30.3 Å². The SMILES string of the molecule is CCN1c2nnc(-c3ccc(OCc4ccccc4)cc3)n2C2C1C(=O)NC(=O)N2C. The second-order valence-electron chi connectivity index (χ2n) is 7.54. The molecule has 5 rings (SSSR count). The molecule has 3 amide bonds. The van der Waals surface area contributed by atoms with Gasteiger partial charge in [-0.2, -0.15) is 0 Å². The van der Waals surface area contributed by atoms with E-state index in [4.69, 9.17) is 4.74 Å². The molecule has 158 valence electrons. The Morgan fingerprint density at radius 3 is 2.48 bits per heavy atom. The molecule has 3 aromatic rings. The van der Waals surface area contributed by atoms with Gasteiger partial charge >= 0.3 is 6.03 Å². The number of nitrogens with zero attached hydrogens (tertiary/aromatic N) is 5. The molecule has 0 bridgehead atoms. The van der Waals surface area contributed by atoms with E-state index in [-0.39, 0.29) is 5.91 Å². The van der Waals surface area contributed by atoms with Gasteiger partial charge in [0, 0.05) is 19.2 Å². The van der Waals surface area contributed by atoms with Crippen LogP contribution in [0.5, 0.6) is 5.75 Å². The smallest absolute Gasteiger partial charge is 0.325 e. The quantitative estimate of drug-likeness (QED) is 0.684. The topological polar surface area (TPSA) is 92.6 Å². The first-order valence-electron chi connectivity index (χ1n) is 10.1.